The Morgan fingerprint density at radius 2 is 2.14 bits per heavy atom. The summed E-state index contributed by atoms with van der Waals surface area (Å²) >= 11 is 0. The Morgan fingerprint density at radius 1 is 1.43 bits per heavy atom. The van der Waals surface area contributed by atoms with Crippen molar-refractivity contribution in [2.45, 2.75) is 0 Å². The van der Waals surface area contributed by atoms with E-state index >= 15 is 0 Å². The minimum atomic E-state index is -0.615. The van der Waals surface area contributed by atoms with E-state index in [-0.39, 0.29) is 0 Å². The summed E-state index contributed by atoms with van der Waals surface area (Å²) in [4.78, 5) is 21.1. The molecule has 0 unspecified atom stereocenters. The predicted octanol–water partition coefficient (Wildman–Crippen LogP) is 0.928. The van der Waals surface area contributed by atoms with E-state index in [0.717, 1.165) is 6.08 Å². The fraction of sp³-hybridized carbons (Fsp3) is 0. The quantitative estimate of drug-likeness (QED) is 0.423. The molecular weight excluding hydrogens is 182 g/mol. The third-order valence-electron chi connectivity index (χ3n) is 1.64. The van der Waals surface area contributed by atoms with E-state index in [1.807, 2.05) is 0 Å². The molecule has 1 aromatic rings. The lowest BCUT2D eigenvalue weighted by Gasteiger charge is -2.02. The molecule has 1 amide bonds. The van der Waals surface area contributed by atoms with Crippen LogP contribution in [0.1, 0.15) is 15.9 Å². The summed E-state index contributed by atoms with van der Waals surface area (Å²) in [5.41, 5.74) is 2.36. The van der Waals surface area contributed by atoms with Crippen molar-refractivity contribution in [1.29, 1.82) is 0 Å². The molecule has 0 aromatic heterocycles. The lowest BCUT2D eigenvalue weighted by molar-refractivity contribution is 0.0706. The van der Waals surface area contributed by atoms with Gasteiger partial charge in [-0.05, 0) is 17.7 Å². The van der Waals surface area contributed by atoms with E-state index < -0.39 is 5.91 Å². The van der Waals surface area contributed by atoms with Crippen LogP contribution in [-0.4, -0.2) is 17.4 Å². The molecule has 0 aliphatic carbocycles. The number of hydroxylamine groups is 1. The molecule has 0 saturated heterocycles. The maximum Gasteiger partial charge on any atom is 0.275 e. The lowest BCUT2D eigenvalue weighted by atomic mass is 10.1. The highest BCUT2D eigenvalue weighted by atomic mass is 16.5. The van der Waals surface area contributed by atoms with Gasteiger partial charge in [-0.2, -0.15) is 0 Å². The monoisotopic (exact) mass is 190 g/mol. The second-order valence-corrected chi connectivity index (χ2v) is 2.48. The maximum absolute atomic E-state index is 11.1. The smallest absolute Gasteiger partial charge is 0.275 e. The maximum atomic E-state index is 11.1. The van der Waals surface area contributed by atoms with Crippen LogP contribution in [0.3, 0.4) is 0 Å². The molecule has 0 aliphatic rings. The van der Waals surface area contributed by atoms with E-state index in [1.54, 1.807) is 24.5 Å². The van der Waals surface area contributed by atoms with Gasteiger partial charge in [-0.15, -0.1) is 0 Å². The third kappa shape index (κ3) is 2.27. The molecule has 0 heterocycles. The van der Waals surface area contributed by atoms with Crippen LogP contribution in [0.25, 0.3) is 6.08 Å². The fourth-order valence-electron chi connectivity index (χ4n) is 1.03. The first-order valence-corrected chi connectivity index (χ1v) is 3.87. The van der Waals surface area contributed by atoms with Crippen molar-refractivity contribution in [2.24, 2.45) is 0 Å². The van der Waals surface area contributed by atoms with Gasteiger partial charge in [0, 0.05) is 5.56 Å². The average Bonchev–Trinajstić information content (AvgIpc) is 2.25. The highest BCUT2D eigenvalue weighted by Crippen LogP contribution is 2.09. The van der Waals surface area contributed by atoms with Crippen LogP contribution < -0.4 is 5.48 Å². The molecule has 0 saturated carbocycles. The van der Waals surface area contributed by atoms with Gasteiger partial charge < -0.3 is 0 Å². The number of hydrogen-bond acceptors (Lipinski definition) is 3. The zero-order valence-corrected chi connectivity index (χ0v) is 7.23. The summed E-state index contributed by atoms with van der Waals surface area (Å²) in [6.45, 7) is 0. The minimum absolute atomic E-state index is 0.293. The Hall–Kier alpha value is -1.94. The van der Waals surface area contributed by atoms with Gasteiger partial charge in [0.05, 0.1) is 0 Å². The molecule has 0 atom stereocenters. The summed E-state index contributed by atoms with van der Waals surface area (Å²) in [5, 5.41) is 8.44. The van der Waals surface area contributed by atoms with Crippen LogP contribution in [0.5, 0.6) is 0 Å². The molecule has 2 N–H and O–H groups in total. The largest absolute Gasteiger partial charge is 0.288 e. The summed E-state index contributed by atoms with van der Waals surface area (Å²) < 4.78 is 0. The predicted molar refractivity (Wildman–Crippen MR) is 50.4 cm³/mol. The zero-order chi connectivity index (χ0) is 10.4. The van der Waals surface area contributed by atoms with Gasteiger partial charge in [0.15, 0.2) is 0 Å². The SMILES string of the molecule is O=[C]C=Cc1ccccc1C(=O)NO. The molecule has 1 rings (SSSR count). The molecule has 4 heteroatoms. The average molecular weight is 190 g/mol. The van der Waals surface area contributed by atoms with E-state index in [2.05, 4.69) is 0 Å². The van der Waals surface area contributed by atoms with Gasteiger partial charge >= 0.3 is 0 Å². The first-order valence-electron chi connectivity index (χ1n) is 3.87. The number of benzene rings is 1. The van der Waals surface area contributed by atoms with Crippen molar-refractivity contribution >= 4 is 18.3 Å². The normalized spacial score (nSPS) is 10.1. The van der Waals surface area contributed by atoms with E-state index in [0.29, 0.717) is 11.1 Å². The number of carbonyl (C=O) groups is 1. The Balaban J connectivity index is 3.08. The van der Waals surface area contributed by atoms with Gasteiger partial charge in [-0.25, -0.2) is 5.48 Å². The molecule has 0 fully saturated rings. The number of amides is 1. The van der Waals surface area contributed by atoms with Crippen LogP contribution in [0.4, 0.5) is 0 Å². The Morgan fingerprint density at radius 3 is 2.79 bits per heavy atom. The van der Waals surface area contributed by atoms with E-state index in [1.165, 1.54) is 17.6 Å². The van der Waals surface area contributed by atoms with Gasteiger partial charge in [-0.3, -0.25) is 14.8 Å². The van der Waals surface area contributed by atoms with Gasteiger partial charge in [0.1, 0.15) is 0 Å². The van der Waals surface area contributed by atoms with Gasteiger partial charge in [-0.1, -0.05) is 24.3 Å². The molecule has 0 bridgehead atoms. The molecule has 0 spiro atoms. The number of carbonyl (C=O) groups excluding carboxylic acids is 2. The van der Waals surface area contributed by atoms with Gasteiger partial charge in [0.2, 0.25) is 6.29 Å². The van der Waals surface area contributed by atoms with Crippen LogP contribution in [-0.2, 0) is 4.79 Å². The third-order valence-corrected chi connectivity index (χ3v) is 1.64. The van der Waals surface area contributed by atoms with Crippen LogP contribution >= 0.6 is 0 Å². The first kappa shape index (κ1) is 10.1. The summed E-state index contributed by atoms with van der Waals surface area (Å²) in [5.74, 6) is -0.615. The van der Waals surface area contributed by atoms with Crippen molar-refractivity contribution in [2.75, 3.05) is 0 Å². The number of rotatable bonds is 3. The van der Waals surface area contributed by atoms with Crippen LogP contribution in [0, 0.1) is 0 Å². The highest BCUT2D eigenvalue weighted by molar-refractivity contribution is 5.97. The molecule has 0 aliphatic heterocycles. The molecule has 4 nitrogen and oxygen atoms in total. The summed E-state index contributed by atoms with van der Waals surface area (Å²) in [6, 6.07) is 6.57. The molecule has 1 radical (unpaired) electrons. The van der Waals surface area contributed by atoms with Crippen molar-refractivity contribution in [3.63, 3.8) is 0 Å². The second kappa shape index (κ2) is 4.94. The summed E-state index contributed by atoms with van der Waals surface area (Å²) in [7, 11) is 0. The first-order chi connectivity index (χ1) is 6.79. The Kier molecular flexibility index (Phi) is 3.58. The van der Waals surface area contributed by atoms with Gasteiger partial charge in [0.25, 0.3) is 5.91 Å². The van der Waals surface area contributed by atoms with Crippen molar-refractivity contribution in [3.05, 3.63) is 41.5 Å². The number of nitrogens with one attached hydrogen (secondary N) is 1. The van der Waals surface area contributed by atoms with Crippen LogP contribution in [0.2, 0.25) is 0 Å². The summed E-state index contributed by atoms with van der Waals surface area (Å²) in [6.07, 6.45) is 4.17. The molecule has 1 aromatic carbocycles. The zero-order valence-electron chi connectivity index (χ0n) is 7.23. The van der Waals surface area contributed by atoms with E-state index in [4.69, 9.17) is 5.21 Å². The Bertz CT molecular complexity index is 371. The Labute approximate surface area is 80.8 Å². The van der Waals surface area contributed by atoms with Crippen molar-refractivity contribution < 1.29 is 14.8 Å². The van der Waals surface area contributed by atoms with E-state index in [9.17, 15) is 9.59 Å². The molecule has 71 valence electrons. The fourth-order valence-corrected chi connectivity index (χ4v) is 1.03. The number of allylic oxidation sites excluding steroid dienone is 1. The highest BCUT2D eigenvalue weighted by Gasteiger charge is 2.06. The minimum Gasteiger partial charge on any atom is -0.288 e. The topological polar surface area (TPSA) is 66.4 Å². The van der Waals surface area contributed by atoms with Crippen LogP contribution in [0.15, 0.2) is 30.3 Å². The lowest BCUT2D eigenvalue weighted by Crippen LogP contribution is -2.19. The van der Waals surface area contributed by atoms with Crippen molar-refractivity contribution in [3.8, 4) is 0 Å². The number of hydrogen-bond donors (Lipinski definition) is 2. The second-order valence-electron chi connectivity index (χ2n) is 2.48. The molecular formula is C10H8NO3. The van der Waals surface area contributed by atoms with Crippen molar-refractivity contribution in [1.82, 2.24) is 5.48 Å². The molecule has 14 heavy (non-hydrogen) atoms. The standard InChI is InChI=1S/C10H8NO3/c12-7-3-5-8-4-1-2-6-9(8)10(13)11-14/h1-6,14H,(H,11,13).